The molecular weight excluding hydrogens is 358 g/mol. The van der Waals surface area contributed by atoms with Crippen molar-refractivity contribution in [1.82, 2.24) is 15.3 Å². The summed E-state index contributed by atoms with van der Waals surface area (Å²) in [6.07, 6.45) is -0.123. The second kappa shape index (κ2) is 8.05. The summed E-state index contributed by atoms with van der Waals surface area (Å²) in [6, 6.07) is -1.13. The Labute approximate surface area is 154 Å². The third-order valence-electron chi connectivity index (χ3n) is 4.29. The average Bonchev–Trinajstić information content (AvgIpc) is 3.15. The van der Waals surface area contributed by atoms with Gasteiger partial charge in [-0.25, -0.2) is 9.78 Å². The minimum absolute atomic E-state index is 0.0232. The lowest BCUT2D eigenvalue weighted by Crippen LogP contribution is -2.37. The van der Waals surface area contributed by atoms with Crippen molar-refractivity contribution in [2.24, 2.45) is 0 Å². The molecule has 11 heteroatoms. The number of carbonyl (C=O) groups is 1. The summed E-state index contributed by atoms with van der Waals surface area (Å²) in [7, 11) is 0. The molecule has 1 saturated heterocycles. The first-order chi connectivity index (χ1) is 12.9. The lowest BCUT2D eigenvalue weighted by Gasteiger charge is -2.16. The Kier molecular flexibility index (Phi) is 5.75. The van der Waals surface area contributed by atoms with Gasteiger partial charge in [-0.2, -0.15) is 0 Å². The van der Waals surface area contributed by atoms with E-state index >= 15 is 0 Å². The molecule has 1 aliphatic heterocycles. The van der Waals surface area contributed by atoms with Gasteiger partial charge in [0, 0.05) is 11.8 Å². The molecule has 0 amide bonds. The third-order valence-corrected chi connectivity index (χ3v) is 4.29. The minimum Gasteiger partial charge on any atom is -0.432 e. The highest BCUT2D eigenvalue weighted by Crippen LogP contribution is 2.32. The van der Waals surface area contributed by atoms with Crippen LogP contribution in [0.4, 0.5) is 10.6 Å². The number of nitrogens with zero attached hydrogens (tertiary/aromatic N) is 1. The molecule has 27 heavy (non-hydrogen) atoms. The van der Waals surface area contributed by atoms with Gasteiger partial charge in [-0.05, 0) is 13.8 Å². The van der Waals surface area contributed by atoms with E-state index in [9.17, 15) is 15.0 Å². The van der Waals surface area contributed by atoms with Crippen molar-refractivity contribution in [3.05, 3.63) is 18.1 Å². The van der Waals surface area contributed by atoms with Gasteiger partial charge in [-0.15, -0.1) is 4.98 Å². The van der Waals surface area contributed by atoms with Crippen LogP contribution in [0.5, 0.6) is 0 Å². The van der Waals surface area contributed by atoms with Crippen molar-refractivity contribution >= 4 is 23.0 Å². The lowest BCUT2D eigenvalue weighted by atomic mass is 10.0. The molecule has 4 atom stereocenters. The molecule has 0 aliphatic carbocycles. The van der Waals surface area contributed by atoms with Crippen molar-refractivity contribution < 1.29 is 34.2 Å². The Morgan fingerprint density at radius 1 is 1.41 bits per heavy atom. The van der Waals surface area contributed by atoms with E-state index in [4.69, 9.17) is 19.9 Å². The lowest BCUT2D eigenvalue weighted by molar-refractivity contribution is -0.363. The summed E-state index contributed by atoms with van der Waals surface area (Å²) in [5, 5.41) is 23.8. The molecule has 11 nitrogen and oxygen atoms in total. The number of nitrogens with two attached hydrogens (primary N) is 1. The molecule has 2 aromatic heterocycles. The molecule has 2 aromatic rings. The molecule has 0 radical (unpaired) electrons. The zero-order chi connectivity index (χ0) is 19.6. The highest BCUT2D eigenvalue weighted by atomic mass is 16.8. The number of nitrogen functional groups attached to an aromatic ring is 1. The van der Waals surface area contributed by atoms with Crippen LogP contribution >= 0.6 is 0 Å². The highest BCUT2D eigenvalue weighted by molar-refractivity contribution is 5.86. The van der Waals surface area contributed by atoms with E-state index in [1.165, 1.54) is 6.33 Å². The van der Waals surface area contributed by atoms with E-state index in [1.807, 2.05) is 0 Å². The zero-order valence-corrected chi connectivity index (χ0v) is 15.0. The SMILES string of the molecule is CC(C)OC(=O)OCOCC1NC(c2c[nH]c3c(N)[nH+]cnc23)C(O)C1O. The predicted octanol–water partition coefficient (Wildman–Crippen LogP) is -0.770. The maximum absolute atomic E-state index is 11.3. The summed E-state index contributed by atoms with van der Waals surface area (Å²) in [6.45, 7) is 3.11. The molecule has 0 aromatic carbocycles. The minimum atomic E-state index is -1.07. The van der Waals surface area contributed by atoms with Crippen LogP contribution < -0.4 is 16.0 Å². The molecule has 3 heterocycles. The number of hydrogen-bond acceptors (Lipinski definition) is 9. The Hall–Kier alpha value is -2.47. The van der Waals surface area contributed by atoms with Crippen molar-refractivity contribution in [2.45, 2.75) is 44.2 Å². The number of ether oxygens (including phenoxy) is 3. The summed E-state index contributed by atoms with van der Waals surface area (Å²) >= 11 is 0. The fourth-order valence-corrected chi connectivity index (χ4v) is 3.03. The van der Waals surface area contributed by atoms with Crippen molar-refractivity contribution in [3.63, 3.8) is 0 Å². The van der Waals surface area contributed by atoms with Crippen LogP contribution in [-0.4, -0.2) is 64.1 Å². The van der Waals surface area contributed by atoms with Crippen LogP contribution in [0.1, 0.15) is 25.5 Å². The van der Waals surface area contributed by atoms with E-state index in [-0.39, 0.29) is 19.5 Å². The summed E-state index contributed by atoms with van der Waals surface area (Å²) in [4.78, 5) is 21.3. The molecule has 0 spiro atoms. The number of fused-ring (bicyclic) bond motifs is 1. The van der Waals surface area contributed by atoms with Gasteiger partial charge in [0.25, 0.3) is 0 Å². The second-order valence-corrected chi connectivity index (χ2v) is 6.57. The Balaban J connectivity index is 1.59. The second-order valence-electron chi connectivity index (χ2n) is 6.57. The van der Waals surface area contributed by atoms with Crippen LogP contribution in [0.15, 0.2) is 12.5 Å². The molecule has 148 valence electrons. The zero-order valence-electron chi connectivity index (χ0n) is 15.0. The van der Waals surface area contributed by atoms with Crippen LogP contribution in [0.2, 0.25) is 0 Å². The smallest absolute Gasteiger partial charge is 0.432 e. The largest absolute Gasteiger partial charge is 0.510 e. The summed E-state index contributed by atoms with van der Waals surface area (Å²) < 4.78 is 14.8. The van der Waals surface area contributed by atoms with Crippen molar-refractivity contribution in [3.8, 4) is 0 Å². The van der Waals surface area contributed by atoms with Crippen LogP contribution in [0, 0.1) is 0 Å². The van der Waals surface area contributed by atoms with E-state index in [2.05, 4.69) is 20.3 Å². The first kappa shape index (κ1) is 19.3. The Bertz CT molecular complexity index is 797. The summed E-state index contributed by atoms with van der Waals surface area (Å²) in [5.41, 5.74) is 7.75. The summed E-state index contributed by atoms with van der Waals surface area (Å²) in [5.74, 6) is 0.421. The number of aliphatic hydroxyl groups excluding tert-OH is 2. The predicted molar refractivity (Wildman–Crippen MR) is 92.3 cm³/mol. The monoisotopic (exact) mass is 382 g/mol. The molecule has 1 fully saturated rings. The standard InChI is InChI=1S/C16H23N5O6/c1-7(2)27-16(24)26-6-25-4-9-13(22)14(23)11(21-9)8-3-18-12-10(8)19-5-20-15(12)17/h3,5,7,9,11,13-14,18,21-23H,4,6H2,1-2H3,(H2,17,19,20)/p+1. The Morgan fingerprint density at radius 2 is 2.19 bits per heavy atom. The number of aromatic nitrogens is 3. The first-order valence-electron chi connectivity index (χ1n) is 8.55. The number of hydrogen-bond donors (Lipinski definition) is 5. The molecule has 1 aliphatic rings. The van der Waals surface area contributed by atoms with E-state index in [0.29, 0.717) is 22.4 Å². The van der Waals surface area contributed by atoms with Gasteiger partial charge in [0.05, 0.1) is 30.9 Å². The fourth-order valence-electron chi connectivity index (χ4n) is 3.03. The third kappa shape index (κ3) is 4.11. The van der Waals surface area contributed by atoms with Crippen molar-refractivity contribution in [1.29, 1.82) is 0 Å². The van der Waals surface area contributed by atoms with Crippen LogP contribution in [0.3, 0.4) is 0 Å². The molecule has 7 N–H and O–H groups in total. The number of carbonyl (C=O) groups excluding carboxylic acids is 1. The number of anilines is 1. The maximum atomic E-state index is 11.3. The molecule has 4 unspecified atom stereocenters. The quantitative estimate of drug-likeness (QED) is 0.245. The van der Waals surface area contributed by atoms with Gasteiger partial charge in [-0.3, -0.25) is 0 Å². The Morgan fingerprint density at radius 3 is 2.93 bits per heavy atom. The van der Waals surface area contributed by atoms with Gasteiger partial charge in [0.1, 0.15) is 6.10 Å². The van der Waals surface area contributed by atoms with E-state index < -0.39 is 30.4 Å². The number of aromatic amines is 2. The fraction of sp³-hybridized carbons (Fsp3) is 0.562. The van der Waals surface area contributed by atoms with E-state index in [0.717, 1.165) is 0 Å². The first-order valence-corrected chi connectivity index (χ1v) is 8.55. The molecular formula is C16H24N5O6+. The number of nitrogens with one attached hydrogen (secondary N) is 3. The number of H-pyrrole nitrogens is 2. The van der Waals surface area contributed by atoms with Crippen molar-refractivity contribution in [2.75, 3.05) is 19.1 Å². The normalized spacial score (nSPS) is 25.2. The van der Waals surface area contributed by atoms with Gasteiger partial charge >= 0.3 is 6.16 Å². The van der Waals surface area contributed by atoms with Gasteiger partial charge < -0.3 is 40.5 Å². The van der Waals surface area contributed by atoms with Crippen LogP contribution in [-0.2, 0) is 14.2 Å². The van der Waals surface area contributed by atoms with Crippen LogP contribution in [0.25, 0.3) is 11.0 Å². The average molecular weight is 382 g/mol. The maximum Gasteiger partial charge on any atom is 0.510 e. The number of aliphatic hydroxyl groups is 2. The molecule has 3 rings (SSSR count). The molecule has 0 saturated carbocycles. The van der Waals surface area contributed by atoms with Gasteiger partial charge in [0.2, 0.25) is 12.1 Å². The molecule has 0 bridgehead atoms. The van der Waals surface area contributed by atoms with E-state index in [1.54, 1.807) is 20.0 Å². The van der Waals surface area contributed by atoms with Gasteiger partial charge in [0.15, 0.2) is 17.8 Å². The topological polar surface area (TPSA) is 166 Å². The van der Waals surface area contributed by atoms with Gasteiger partial charge in [-0.1, -0.05) is 0 Å². The number of rotatable bonds is 6. The highest BCUT2D eigenvalue weighted by Gasteiger charge is 2.43.